The van der Waals surface area contributed by atoms with Crippen molar-refractivity contribution in [3.05, 3.63) is 35.4 Å². The Morgan fingerprint density at radius 1 is 1.10 bits per heavy atom. The first-order valence-corrected chi connectivity index (χ1v) is 6.57. The van der Waals surface area contributed by atoms with E-state index in [-0.39, 0.29) is 13.2 Å². The van der Waals surface area contributed by atoms with E-state index in [2.05, 4.69) is 0 Å². The van der Waals surface area contributed by atoms with Gasteiger partial charge in [0.2, 0.25) is 0 Å². The molecule has 0 saturated carbocycles. The largest absolute Gasteiger partial charge is 0.480 e. The lowest BCUT2D eigenvalue weighted by molar-refractivity contribution is -0.138. The number of hydrogen-bond acceptors (Lipinski definition) is 5. The summed E-state index contributed by atoms with van der Waals surface area (Å²) < 4.78 is 0. The van der Waals surface area contributed by atoms with Crippen LogP contribution in [-0.2, 0) is 17.8 Å². The summed E-state index contributed by atoms with van der Waals surface area (Å²) in [6.07, 6.45) is 0.298. The number of aliphatic carboxylic acids is 1. The zero-order valence-electron chi connectivity index (χ0n) is 11.4. The number of nitrogens with zero attached hydrogens (tertiary/aromatic N) is 1. The number of carboxylic acids is 1. The van der Waals surface area contributed by atoms with Crippen molar-refractivity contribution in [3.8, 4) is 0 Å². The summed E-state index contributed by atoms with van der Waals surface area (Å²) in [7, 11) is 0. The van der Waals surface area contributed by atoms with Crippen LogP contribution < -0.4 is 5.73 Å². The molecule has 6 nitrogen and oxygen atoms in total. The number of aliphatic hydroxyl groups excluding tert-OH is 2. The first-order chi connectivity index (χ1) is 9.56. The molecule has 0 aliphatic heterocycles. The minimum atomic E-state index is -1.01. The molecule has 6 heteroatoms. The molecule has 0 aliphatic rings. The van der Waals surface area contributed by atoms with Crippen LogP contribution in [0.2, 0.25) is 0 Å². The van der Waals surface area contributed by atoms with Crippen molar-refractivity contribution in [3.63, 3.8) is 0 Å². The standard InChI is InChI=1S/C14H22N2O4/c15-13(14(19)20)9-11-1-3-12(4-2-11)10-16(5-7-17)6-8-18/h1-4,13,17-18H,5-10,15H2,(H,19,20). The number of aliphatic hydroxyl groups is 2. The molecule has 0 aliphatic carbocycles. The van der Waals surface area contributed by atoms with Crippen molar-refractivity contribution in [1.82, 2.24) is 4.90 Å². The Morgan fingerprint density at radius 3 is 2.05 bits per heavy atom. The summed E-state index contributed by atoms with van der Waals surface area (Å²) in [6.45, 7) is 1.74. The molecule has 0 fully saturated rings. The summed E-state index contributed by atoms with van der Waals surface area (Å²) >= 11 is 0. The van der Waals surface area contributed by atoms with E-state index in [4.69, 9.17) is 21.1 Å². The molecule has 5 N–H and O–H groups in total. The molecule has 112 valence electrons. The van der Waals surface area contributed by atoms with Gasteiger partial charge in [-0.15, -0.1) is 0 Å². The van der Waals surface area contributed by atoms with Gasteiger partial charge in [-0.2, -0.15) is 0 Å². The van der Waals surface area contributed by atoms with E-state index in [0.717, 1.165) is 11.1 Å². The molecule has 0 heterocycles. The lowest BCUT2D eigenvalue weighted by Crippen LogP contribution is -2.32. The van der Waals surface area contributed by atoms with Crippen LogP contribution in [0.1, 0.15) is 11.1 Å². The molecule has 1 aromatic rings. The monoisotopic (exact) mass is 282 g/mol. The second-order valence-corrected chi connectivity index (χ2v) is 4.69. The molecular formula is C14H22N2O4. The minimum absolute atomic E-state index is 0.0472. The highest BCUT2D eigenvalue weighted by atomic mass is 16.4. The van der Waals surface area contributed by atoms with Gasteiger partial charge in [0.25, 0.3) is 0 Å². The van der Waals surface area contributed by atoms with Crippen LogP contribution >= 0.6 is 0 Å². The Morgan fingerprint density at radius 2 is 1.60 bits per heavy atom. The van der Waals surface area contributed by atoms with Gasteiger partial charge in [-0.05, 0) is 17.5 Å². The molecule has 0 bridgehead atoms. The Bertz CT molecular complexity index is 402. The van der Waals surface area contributed by atoms with Gasteiger partial charge in [0, 0.05) is 19.6 Å². The predicted molar refractivity (Wildman–Crippen MR) is 75.2 cm³/mol. The van der Waals surface area contributed by atoms with Crippen molar-refractivity contribution in [2.24, 2.45) is 5.73 Å². The van der Waals surface area contributed by atoms with Crippen molar-refractivity contribution in [2.75, 3.05) is 26.3 Å². The topological polar surface area (TPSA) is 107 Å². The van der Waals surface area contributed by atoms with Crippen LogP contribution in [0.25, 0.3) is 0 Å². The van der Waals surface area contributed by atoms with Crippen LogP contribution in [0, 0.1) is 0 Å². The van der Waals surface area contributed by atoms with E-state index in [0.29, 0.717) is 26.1 Å². The van der Waals surface area contributed by atoms with E-state index in [1.807, 2.05) is 29.2 Å². The second-order valence-electron chi connectivity index (χ2n) is 4.69. The lowest BCUT2D eigenvalue weighted by atomic mass is 10.0. The van der Waals surface area contributed by atoms with Crippen LogP contribution in [0.4, 0.5) is 0 Å². The molecule has 1 unspecified atom stereocenters. The van der Waals surface area contributed by atoms with Crippen molar-refractivity contribution < 1.29 is 20.1 Å². The van der Waals surface area contributed by atoms with Crippen LogP contribution in [-0.4, -0.2) is 58.5 Å². The fourth-order valence-corrected chi connectivity index (χ4v) is 1.93. The first kappa shape index (κ1) is 16.6. The molecule has 1 aromatic carbocycles. The van der Waals surface area contributed by atoms with E-state index >= 15 is 0 Å². The predicted octanol–water partition coefficient (Wildman–Crippen LogP) is -0.572. The summed E-state index contributed by atoms with van der Waals surface area (Å²) in [4.78, 5) is 12.6. The molecule has 20 heavy (non-hydrogen) atoms. The molecule has 0 radical (unpaired) electrons. The third-order valence-electron chi connectivity index (χ3n) is 3.03. The van der Waals surface area contributed by atoms with E-state index < -0.39 is 12.0 Å². The van der Waals surface area contributed by atoms with Gasteiger partial charge in [0.15, 0.2) is 0 Å². The summed E-state index contributed by atoms with van der Waals surface area (Å²) in [6, 6.07) is 6.64. The average molecular weight is 282 g/mol. The zero-order chi connectivity index (χ0) is 15.0. The van der Waals surface area contributed by atoms with Gasteiger partial charge in [-0.25, -0.2) is 0 Å². The SMILES string of the molecule is NC(Cc1ccc(CN(CCO)CCO)cc1)C(=O)O. The van der Waals surface area contributed by atoms with Gasteiger partial charge >= 0.3 is 5.97 Å². The zero-order valence-corrected chi connectivity index (χ0v) is 11.4. The Balaban J connectivity index is 2.58. The van der Waals surface area contributed by atoms with Gasteiger partial charge < -0.3 is 21.1 Å². The van der Waals surface area contributed by atoms with E-state index in [1.54, 1.807) is 0 Å². The molecular weight excluding hydrogens is 260 g/mol. The van der Waals surface area contributed by atoms with Crippen LogP contribution in [0.3, 0.4) is 0 Å². The van der Waals surface area contributed by atoms with Crippen LogP contribution in [0.15, 0.2) is 24.3 Å². The third-order valence-corrected chi connectivity index (χ3v) is 3.03. The first-order valence-electron chi connectivity index (χ1n) is 6.57. The number of nitrogens with two attached hydrogens (primary N) is 1. The fourth-order valence-electron chi connectivity index (χ4n) is 1.93. The van der Waals surface area contributed by atoms with Crippen molar-refractivity contribution in [1.29, 1.82) is 0 Å². The third kappa shape index (κ3) is 5.66. The maximum atomic E-state index is 10.7. The van der Waals surface area contributed by atoms with Crippen LogP contribution in [0.5, 0.6) is 0 Å². The second kappa shape index (κ2) is 8.65. The maximum absolute atomic E-state index is 10.7. The fraction of sp³-hybridized carbons (Fsp3) is 0.500. The van der Waals surface area contributed by atoms with Crippen molar-refractivity contribution >= 4 is 5.97 Å². The number of benzene rings is 1. The Kier molecular flexibility index (Phi) is 7.17. The highest BCUT2D eigenvalue weighted by Crippen LogP contribution is 2.09. The average Bonchev–Trinajstić information content (AvgIpc) is 2.41. The lowest BCUT2D eigenvalue weighted by Gasteiger charge is -2.20. The number of carbonyl (C=O) groups is 1. The minimum Gasteiger partial charge on any atom is -0.480 e. The molecule has 1 rings (SSSR count). The Labute approximate surface area is 118 Å². The van der Waals surface area contributed by atoms with Gasteiger partial charge in [0.05, 0.1) is 13.2 Å². The van der Waals surface area contributed by atoms with Gasteiger partial charge in [0.1, 0.15) is 6.04 Å². The number of rotatable bonds is 9. The summed E-state index contributed by atoms with van der Waals surface area (Å²) in [5.74, 6) is -1.01. The van der Waals surface area contributed by atoms with Gasteiger partial charge in [-0.1, -0.05) is 24.3 Å². The van der Waals surface area contributed by atoms with Crippen molar-refractivity contribution in [2.45, 2.75) is 19.0 Å². The highest BCUT2D eigenvalue weighted by Gasteiger charge is 2.12. The van der Waals surface area contributed by atoms with Gasteiger partial charge in [-0.3, -0.25) is 9.69 Å². The van der Waals surface area contributed by atoms with E-state index in [1.165, 1.54) is 0 Å². The molecule has 0 aromatic heterocycles. The molecule has 1 atom stereocenters. The Hall–Kier alpha value is -1.47. The quantitative estimate of drug-likeness (QED) is 0.483. The maximum Gasteiger partial charge on any atom is 0.320 e. The normalized spacial score (nSPS) is 12.6. The van der Waals surface area contributed by atoms with E-state index in [9.17, 15) is 4.79 Å². The molecule has 0 spiro atoms. The smallest absolute Gasteiger partial charge is 0.320 e. The highest BCUT2D eigenvalue weighted by molar-refractivity contribution is 5.73. The number of carboxylic acid groups (broad SMARTS) is 1. The number of hydrogen-bond donors (Lipinski definition) is 4. The molecule has 0 saturated heterocycles. The summed E-state index contributed by atoms with van der Waals surface area (Å²) in [5.41, 5.74) is 7.40. The molecule has 0 amide bonds. The summed E-state index contributed by atoms with van der Waals surface area (Å²) in [5, 5.41) is 26.6.